The normalized spacial score (nSPS) is 15.4. The number of benzene rings is 2. The van der Waals surface area contributed by atoms with E-state index in [-0.39, 0.29) is 17.9 Å². The van der Waals surface area contributed by atoms with Crippen molar-refractivity contribution in [1.29, 1.82) is 0 Å². The molecule has 1 fully saturated rings. The van der Waals surface area contributed by atoms with Crippen molar-refractivity contribution >= 4 is 29.6 Å². The van der Waals surface area contributed by atoms with Gasteiger partial charge in [-0.25, -0.2) is 5.43 Å². The fraction of sp³-hybridized carbons (Fsp3) is 0.375. The third-order valence-corrected chi connectivity index (χ3v) is 5.64. The van der Waals surface area contributed by atoms with Crippen LogP contribution in [0, 0.1) is 0 Å². The van der Waals surface area contributed by atoms with Crippen LogP contribution in [0.3, 0.4) is 0 Å². The molecule has 1 aliphatic heterocycles. The molecule has 2 aromatic rings. The van der Waals surface area contributed by atoms with Gasteiger partial charge in [-0.1, -0.05) is 48.0 Å². The van der Waals surface area contributed by atoms with Crippen LogP contribution in [0.5, 0.6) is 0 Å². The summed E-state index contributed by atoms with van der Waals surface area (Å²) in [7, 11) is 0. The molecule has 1 unspecified atom stereocenters. The van der Waals surface area contributed by atoms with E-state index >= 15 is 0 Å². The summed E-state index contributed by atoms with van der Waals surface area (Å²) >= 11 is 6.13. The second-order valence-corrected chi connectivity index (χ2v) is 7.94. The van der Waals surface area contributed by atoms with Crippen molar-refractivity contribution in [3.8, 4) is 0 Å². The predicted octanol–water partition coefficient (Wildman–Crippen LogP) is 3.09. The van der Waals surface area contributed by atoms with Gasteiger partial charge in [-0.2, -0.15) is 5.10 Å². The first-order valence-corrected chi connectivity index (χ1v) is 11.3. The lowest BCUT2D eigenvalue weighted by molar-refractivity contribution is -0.128. The molecule has 1 aliphatic rings. The van der Waals surface area contributed by atoms with Crippen LogP contribution in [0.4, 0.5) is 0 Å². The third kappa shape index (κ3) is 7.44. The number of carbonyl (C=O) groups is 2. The molecule has 32 heavy (non-hydrogen) atoms. The minimum atomic E-state index is -0.299. The maximum atomic E-state index is 12.9. The number of morpholine rings is 1. The number of hydrogen-bond donors (Lipinski definition) is 2. The Hall–Kier alpha value is -2.74. The molecule has 2 aromatic carbocycles. The molecule has 7 nitrogen and oxygen atoms in total. The Balaban J connectivity index is 1.48. The van der Waals surface area contributed by atoms with Gasteiger partial charge in [0, 0.05) is 35.8 Å². The van der Waals surface area contributed by atoms with E-state index in [1.165, 1.54) is 0 Å². The average molecular weight is 457 g/mol. The second-order valence-electron chi connectivity index (χ2n) is 7.54. The van der Waals surface area contributed by atoms with Gasteiger partial charge < -0.3 is 10.1 Å². The van der Waals surface area contributed by atoms with Crippen LogP contribution in [0.15, 0.2) is 59.7 Å². The molecule has 0 saturated carbocycles. The van der Waals surface area contributed by atoms with Crippen molar-refractivity contribution in [2.45, 2.75) is 25.3 Å². The number of unbranched alkanes of at least 4 members (excludes halogenated alkanes) is 1. The Morgan fingerprint density at radius 2 is 1.78 bits per heavy atom. The number of hydrogen-bond acceptors (Lipinski definition) is 5. The first kappa shape index (κ1) is 23.9. The van der Waals surface area contributed by atoms with Crippen molar-refractivity contribution < 1.29 is 14.3 Å². The fourth-order valence-electron chi connectivity index (χ4n) is 3.54. The van der Waals surface area contributed by atoms with E-state index in [1.54, 1.807) is 24.4 Å². The molecule has 0 aliphatic carbocycles. The van der Waals surface area contributed by atoms with E-state index in [0.29, 0.717) is 49.9 Å². The number of amides is 2. The van der Waals surface area contributed by atoms with Crippen LogP contribution in [-0.4, -0.2) is 61.8 Å². The highest BCUT2D eigenvalue weighted by molar-refractivity contribution is 6.33. The van der Waals surface area contributed by atoms with Gasteiger partial charge in [-0.15, -0.1) is 0 Å². The summed E-state index contributed by atoms with van der Waals surface area (Å²) in [5.74, 6) is -0.231. The van der Waals surface area contributed by atoms with E-state index < -0.39 is 0 Å². The van der Waals surface area contributed by atoms with Crippen molar-refractivity contribution in [2.75, 3.05) is 32.8 Å². The monoisotopic (exact) mass is 456 g/mol. The standard InChI is InChI=1S/C24H29ClN4O3/c25-21-11-5-4-10-20(21)18-27-28-24(31)22(29-14-16-32-17-15-29)12-6-7-13-26-23(30)19-8-2-1-3-9-19/h1-5,8-11,18,22H,6-7,12-17H2,(H,26,30)(H,28,31). The molecule has 2 N–H and O–H groups in total. The lowest BCUT2D eigenvalue weighted by Crippen LogP contribution is -2.50. The number of halogens is 1. The zero-order valence-electron chi connectivity index (χ0n) is 18.0. The van der Waals surface area contributed by atoms with Gasteiger partial charge in [0.1, 0.15) is 0 Å². The van der Waals surface area contributed by atoms with Gasteiger partial charge in [-0.05, 0) is 37.5 Å². The molecule has 3 rings (SSSR count). The Labute approximate surface area is 193 Å². The average Bonchev–Trinajstić information content (AvgIpc) is 2.83. The number of ether oxygens (including phenoxy) is 1. The van der Waals surface area contributed by atoms with E-state index in [9.17, 15) is 9.59 Å². The number of hydrazone groups is 1. The van der Waals surface area contributed by atoms with Crippen molar-refractivity contribution in [1.82, 2.24) is 15.6 Å². The number of nitrogens with zero attached hydrogens (tertiary/aromatic N) is 2. The largest absolute Gasteiger partial charge is 0.379 e. The molecule has 0 spiro atoms. The highest BCUT2D eigenvalue weighted by Gasteiger charge is 2.26. The lowest BCUT2D eigenvalue weighted by Gasteiger charge is -2.33. The fourth-order valence-corrected chi connectivity index (χ4v) is 3.73. The van der Waals surface area contributed by atoms with Crippen LogP contribution >= 0.6 is 11.6 Å². The number of carbonyl (C=O) groups excluding carboxylic acids is 2. The zero-order chi connectivity index (χ0) is 22.6. The third-order valence-electron chi connectivity index (χ3n) is 5.30. The van der Waals surface area contributed by atoms with Crippen LogP contribution in [-0.2, 0) is 9.53 Å². The summed E-state index contributed by atoms with van der Waals surface area (Å²) in [6.07, 6.45) is 3.82. The van der Waals surface area contributed by atoms with Gasteiger partial charge >= 0.3 is 0 Å². The SMILES string of the molecule is O=C(NCCCCC(C(=O)NN=Cc1ccccc1Cl)N1CCOCC1)c1ccccc1. The molecule has 0 radical (unpaired) electrons. The summed E-state index contributed by atoms with van der Waals surface area (Å²) in [4.78, 5) is 27.1. The summed E-state index contributed by atoms with van der Waals surface area (Å²) in [5.41, 5.74) is 4.05. The second kappa shape index (κ2) is 13.0. The van der Waals surface area contributed by atoms with Gasteiger partial charge in [0.05, 0.1) is 25.5 Å². The maximum absolute atomic E-state index is 12.9. The molecule has 1 heterocycles. The zero-order valence-corrected chi connectivity index (χ0v) is 18.8. The first-order valence-electron chi connectivity index (χ1n) is 10.9. The molecule has 0 bridgehead atoms. The minimum absolute atomic E-state index is 0.0815. The van der Waals surface area contributed by atoms with Crippen molar-refractivity contribution in [3.05, 3.63) is 70.7 Å². The van der Waals surface area contributed by atoms with Gasteiger partial charge in [0.25, 0.3) is 11.8 Å². The summed E-state index contributed by atoms with van der Waals surface area (Å²) in [6.45, 7) is 3.20. The van der Waals surface area contributed by atoms with Crippen molar-refractivity contribution in [3.63, 3.8) is 0 Å². The van der Waals surface area contributed by atoms with Crippen LogP contribution in [0.25, 0.3) is 0 Å². The first-order chi connectivity index (χ1) is 15.6. The van der Waals surface area contributed by atoms with Gasteiger partial charge in [0.15, 0.2) is 0 Å². The molecule has 1 saturated heterocycles. The lowest BCUT2D eigenvalue weighted by atomic mass is 10.1. The van der Waals surface area contributed by atoms with E-state index in [2.05, 4.69) is 20.7 Å². The summed E-state index contributed by atoms with van der Waals surface area (Å²) < 4.78 is 5.43. The smallest absolute Gasteiger partial charge is 0.257 e. The Morgan fingerprint density at radius 3 is 2.53 bits per heavy atom. The molecular weight excluding hydrogens is 428 g/mol. The van der Waals surface area contributed by atoms with Crippen LogP contribution in [0.1, 0.15) is 35.2 Å². The molecule has 2 amide bonds. The number of nitrogens with one attached hydrogen (secondary N) is 2. The molecule has 1 atom stereocenters. The van der Waals surface area contributed by atoms with E-state index in [0.717, 1.165) is 18.4 Å². The Morgan fingerprint density at radius 1 is 1.06 bits per heavy atom. The van der Waals surface area contributed by atoms with E-state index in [4.69, 9.17) is 16.3 Å². The summed E-state index contributed by atoms with van der Waals surface area (Å²) in [5, 5.41) is 7.60. The molecular formula is C24H29ClN4O3. The number of rotatable bonds is 10. The Kier molecular flexibility index (Phi) is 9.68. The molecule has 170 valence electrons. The van der Waals surface area contributed by atoms with Gasteiger partial charge in [0.2, 0.25) is 0 Å². The highest BCUT2D eigenvalue weighted by atomic mass is 35.5. The maximum Gasteiger partial charge on any atom is 0.257 e. The van der Waals surface area contributed by atoms with Gasteiger partial charge in [-0.3, -0.25) is 14.5 Å². The quantitative estimate of drug-likeness (QED) is 0.327. The minimum Gasteiger partial charge on any atom is -0.379 e. The predicted molar refractivity (Wildman–Crippen MR) is 126 cm³/mol. The molecule has 0 aromatic heterocycles. The van der Waals surface area contributed by atoms with Crippen LogP contribution < -0.4 is 10.7 Å². The molecule has 8 heteroatoms. The Bertz CT molecular complexity index is 901. The van der Waals surface area contributed by atoms with Crippen molar-refractivity contribution in [2.24, 2.45) is 5.10 Å². The summed E-state index contributed by atoms with van der Waals surface area (Å²) in [6, 6.07) is 16.2. The topological polar surface area (TPSA) is 83.0 Å². The highest BCUT2D eigenvalue weighted by Crippen LogP contribution is 2.13. The van der Waals surface area contributed by atoms with Crippen LogP contribution in [0.2, 0.25) is 5.02 Å². The van der Waals surface area contributed by atoms with E-state index in [1.807, 2.05) is 36.4 Å².